The van der Waals surface area contributed by atoms with E-state index >= 15 is 0 Å². The van der Waals surface area contributed by atoms with Crippen LogP contribution in [0.5, 0.6) is 11.5 Å². The summed E-state index contributed by atoms with van der Waals surface area (Å²) >= 11 is 0. The average Bonchev–Trinajstić information content (AvgIpc) is 3.14. The molecular weight excluding hydrogens is 302 g/mol. The van der Waals surface area contributed by atoms with Crippen LogP contribution < -0.4 is 14.8 Å². The van der Waals surface area contributed by atoms with Crippen LogP contribution in [0.25, 0.3) is 0 Å². The summed E-state index contributed by atoms with van der Waals surface area (Å²) in [6.07, 6.45) is 2.44. The van der Waals surface area contributed by atoms with Crippen molar-refractivity contribution in [3.63, 3.8) is 0 Å². The Bertz CT molecular complexity index is 621. The van der Waals surface area contributed by atoms with Gasteiger partial charge in [-0.1, -0.05) is 24.3 Å². The Morgan fingerprint density at radius 3 is 2.67 bits per heavy atom. The molecule has 0 spiro atoms. The quantitative estimate of drug-likeness (QED) is 0.786. The molecule has 3 rings (SSSR count). The number of para-hydroxylation sites is 2. The average molecular weight is 327 g/mol. The monoisotopic (exact) mass is 327 g/mol. The molecule has 0 bridgehead atoms. The molecule has 1 fully saturated rings. The molecule has 1 saturated heterocycles. The van der Waals surface area contributed by atoms with Crippen LogP contribution in [0.15, 0.2) is 48.5 Å². The summed E-state index contributed by atoms with van der Waals surface area (Å²) < 4.78 is 17.0. The number of ether oxygens (including phenoxy) is 3. The smallest absolute Gasteiger partial charge is 0.142 e. The topological polar surface area (TPSA) is 39.7 Å². The van der Waals surface area contributed by atoms with Crippen molar-refractivity contribution in [2.45, 2.75) is 32.4 Å². The van der Waals surface area contributed by atoms with Crippen LogP contribution in [-0.4, -0.2) is 25.9 Å². The first-order chi connectivity index (χ1) is 11.8. The summed E-state index contributed by atoms with van der Waals surface area (Å²) in [5.41, 5.74) is 2.21. The summed E-state index contributed by atoms with van der Waals surface area (Å²) in [6.45, 7) is 4.89. The lowest BCUT2D eigenvalue weighted by molar-refractivity contribution is 0.0682. The molecule has 0 amide bonds. The molecule has 128 valence electrons. The van der Waals surface area contributed by atoms with E-state index < -0.39 is 0 Å². The number of benzene rings is 2. The van der Waals surface area contributed by atoms with Crippen molar-refractivity contribution in [1.29, 1.82) is 0 Å². The van der Waals surface area contributed by atoms with E-state index in [1.165, 1.54) is 5.56 Å². The molecule has 0 aliphatic carbocycles. The molecule has 2 aromatic carbocycles. The van der Waals surface area contributed by atoms with Gasteiger partial charge in [-0.05, 0) is 49.6 Å². The zero-order valence-corrected chi connectivity index (χ0v) is 14.2. The van der Waals surface area contributed by atoms with Gasteiger partial charge in [-0.2, -0.15) is 0 Å². The Labute approximate surface area is 143 Å². The van der Waals surface area contributed by atoms with E-state index in [1.807, 2.05) is 43.3 Å². The maximum absolute atomic E-state index is 5.95. The zero-order chi connectivity index (χ0) is 16.6. The van der Waals surface area contributed by atoms with Gasteiger partial charge in [0.1, 0.15) is 18.1 Å². The van der Waals surface area contributed by atoms with Crippen LogP contribution in [0.4, 0.5) is 5.69 Å². The lowest BCUT2D eigenvalue weighted by Crippen LogP contribution is -2.16. The normalized spacial score (nSPS) is 16.8. The molecule has 1 heterocycles. The largest absolute Gasteiger partial charge is 0.494 e. The number of anilines is 1. The van der Waals surface area contributed by atoms with Gasteiger partial charge >= 0.3 is 0 Å². The van der Waals surface area contributed by atoms with E-state index in [-0.39, 0.29) is 6.10 Å². The fourth-order valence-corrected chi connectivity index (χ4v) is 2.76. The standard InChI is InChI=1S/C20H25NO3/c1-2-22-17-11-9-16(10-12-17)14-21-19-7-3-4-8-20(19)24-15-18-6-5-13-23-18/h3-4,7-12,18,21H,2,5-6,13-15H2,1H3. The number of nitrogens with one attached hydrogen (secondary N) is 1. The minimum atomic E-state index is 0.226. The molecule has 1 aliphatic heterocycles. The van der Waals surface area contributed by atoms with Crippen molar-refractivity contribution in [1.82, 2.24) is 0 Å². The fourth-order valence-electron chi connectivity index (χ4n) is 2.76. The Hall–Kier alpha value is -2.20. The lowest BCUT2D eigenvalue weighted by Gasteiger charge is -2.16. The van der Waals surface area contributed by atoms with Crippen molar-refractivity contribution in [3.8, 4) is 11.5 Å². The predicted octanol–water partition coefficient (Wildman–Crippen LogP) is 4.26. The van der Waals surface area contributed by atoms with E-state index in [4.69, 9.17) is 14.2 Å². The molecule has 4 heteroatoms. The van der Waals surface area contributed by atoms with Gasteiger partial charge < -0.3 is 19.5 Å². The number of hydrogen-bond donors (Lipinski definition) is 1. The molecule has 1 N–H and O–H groups in total. The molecule has 0 radical (unpaired) electrons. The maximum Gasteiger partial charge on any atom is 0.142 e. The predicted molar refractivity (Wildman–Crippen MR) is 95.8 cm³/mol. The van der Waals surface area contributed by atoms with E-state index in [1.54, 1.807) is 0 Å². The lowest BCUT2D eigenvalue weighted by atomic mass is 10.2. The van der Waals surface area contributed by atoms with E-state index in [0.29, 0.717) is 13.2 Å². The van der Waals surface area contributed by atoms with E-state index in [0.717, 1.165) is 43.2 Å². The third-order valence-electron chi connectivity index (χ3n) is 4.05. The highest BCUT2D eigenvalue weighted by Gasteiger charge is 2.16. The first-order valence-electron chi connectivity index (χ1n) is 8.64. The molecule has 1 aliphatic rings. The van der Waals surface area contributed by atoms with Gasteiger partial charge in [0.25, 0.3) is 0 Å². The van der Waals surface area contributed by atoms with Crippen LogP contribution in [0, 0.1) is 0 Å². The Kier molecular flexibility index (Phi) is 5.96. The number of hydrogen-bond acceptors (Lipinski definition) is 4. The van der Waals surface area contributed by atoms with Crippen LogP contribution in [-0.2, 0) is 11.3 Å². The van der Waals surface area contributed by atoms with Gasteiger partial charge in [-0.15, -0.1) is 0 Å². The van der Waals surface area contributed by atoms with Gasteiger partial charge in [0, 0.05) is 13.2 Å². The summed E-state index contributed by atoms with van der Waals surface area (Å²) in [5.74, 6) is 1.78. The van der Waals surface area contributed by atoms with Gasteiger partial charge in [-0.3, -0.25) is 0 Å². The Balaban J connectivity index is 1.56. The second-order valence-corrected chi connectivity index (χ2v) is 5.87. The summed E-state index contributed by atoms with van der Waals surface area (Å²) in [6, 6.07) is 16.2. The van der Waals surface area contributed by atoms with Crippen LogP contribution >= 0.6 is 0 Å². The van der Waals surface area contributed by atoms with Crippen molar-refractivity contribution in [3.05, 3.63) is 54.1 Å². The highest BCUT2D eigenvalue weighted by molar-refractivity contribution is 5.56. The van der Waals surface area contributed by atoms with Crippen molar-refractivity contribution in [2.75, 3.05) is 25.1 Å². The van der Waals surface area contributed by atoms with Crippen LogP contribution in [0.2, 0.25) is 0 Å². The van der Waals surface area contributed by atoms with Gasteiger partial charge in [0.15, 0.2) is 0 Å². The minimum absolute atomic E-state index is 0.226. The van der Waals surface area contributed by atoms with Crippen LogP contribution in [0.3, 0.4) is 0 Å². The number of rotatable bonds is 8. The molecule has 24 heavy (non-hydrogen) atoms. The van der Waals surface area contributed by atoms with E-state index in [2.05, 4.69) is 17.4 Å². The van der Waals surface area contributed by atoms with E-state index in [9.17, 15) is 0 Å². The molecule has 1 unspecified atom stereocenters. The summed E-state index contributed by atoms with van der Waals surface area (Å²) in [7, 11) is 0. The SMILES string of the molecule is CCOc1ccc(CNc2ccccc2OCC2CCCO2)cc1. The maximum atomic E-state index is 5.95. The second kappa shape index (κ2) is 8.60. The highest BCUT2D eigenvalue weighted by Crippen LogP contribution is 2.26. The zero-order valence-electron chi connectivity index (χ0n) is 14.2. The third-order valence-corrected chi connectivity index (χ3v) is 4.05. The molecule has 0 saturated carbocycles. The Morgan fingerprint density at radius 2 is 1.92 bits per heavy atom. The fraction of sp³-hybridized carbons (Fsp3) is 0.400. The third kappa shape index (κ3) is 4.65. The molecule has 1 atom stereocenters. The first kappa shape index (κ1) is 16.7. The molecular formula is C20H25NO3. The second-order valence-electron chi connectivity index (χ2n) is 5.87. The van der Waals surface area contributed by atoms with Crippen molar-refractivity contribution in [2.24, 2.45) is 0 Å². The first-order valence-corrected chi connectivity index (χ1v) is 8.64. The highest BCUT2D eigenvalue weighted by atomic mass is 16.5. The molecule has 2 aromatic rings. The summed E-state index contributed by atoms with van der Waals surface area (Å²) in [5, 5.41) is 3.45. The minimum Gasteiger partial charge on any atom is -0.494 e. The van der Waals surface area contributed by atoms with Gasteiger partial charge in [0.05, 0.1) is 18.4 Å². The molecule has 4 nitrogen and oxygen atoms in total. The van der Waals surface area contributed by atoms with Gasteiger partial charge in [0.2, 0.25) is 0 Å². The molecule has 0 aromatic heterocycles. The van der Waals surface area contributed by atoms with Crippen molar-refractivity contribution < 1.29 is 14.2 Å². The van der Waals surface area contributed by atoms with Crippen molar-refractivity contribution >= 4 is 5.69 Å². The van der Waals surface area contributed by atoms with Crippen LogP contribution in [0.1, 0.15) is 25.3 Å². The summed E-state index contributed by atoms with van der Waals surface area (Å²) in [4.78, 5) is 0. The Morgan fingerprint density at radius 1 is 1.08 bits per heavy atom. The van der Waals surface area contributed by atoms with Gasteiger partial charge in [-0.25, -0.2) is 0 Å².